The van der Waals surface area contributed by atoms with Crippen LogP contribution in [0.5, 0.6) is 5.75 Å². The van der Waals surface area contributed by atoms with Gasteiger partial charge >= 0.3 is 30.0 Å². The molecule has 1 saturated heterocycles. The van der Waals surface area contributed by atoms with Crippen LogP contribution in [-0.4, -0.2) is 126 Å². The minimum Gasteiger partial charge on any atom is -0.495 e. The Morgan fingerprint density at radius 1 is 0.810 bits per heavy atom. The Morgan fingerprint density at radius 2 is 1.38 bits per heavy atom. The van der Waals surface area contributed by atoms with Gasteiger partial charge in [0.25, 0.3) is 0 Å². The number of carbonyl (C=O) groups excluding carboxylic acids is 1. The molecule has 58 heavy (non-hydrogen) atoms. The zero-order chi connectivity index (χ0) is 42.2. The number of amides is 1. The molecule has 0 spiro atoms. The number of aromatic nitrogens is 4. The maximum atomic E-state index is 12.5. The molecule has 2 aliphatic rings. The van der Waals surface area contributed by atoms with Crippen LogP contribution < -0.4 is 15.8 Å². The van der Waals surface area contributed by atoms with Crippen molar-refractivity contribution in [3.05, 3.63) is 84.7 Å². The number of fused-ring (bicyclic) bond motifs is 1. The number of rotatable bonds is 11. The van der Waals surface area contributed by atoms with Crippen LogP contribution in [0.15, 0.2) is 79.2 Å². The van der Waals surface area contributed by atoms with Crippen molar-refractivity contribution in [2.45, 2.75) is 44.4 Å². The number of hydrogen-bond donors (Lipinski definition) is 6. The first-order chi connectivity index (χ1) is 27.7. The monoisotopic (exact) mass is 802 g/mol. The van der Waals surface area contributed by atoms with Crippen molar-refractivity contribution in [3.63, 3.8) is 0 Å². The molecule has 6 rings (SSSR count). The predicted molar refractivity (Wildman–Crippen MR) is 211 cm³/mol. The normalized spacial score (nSPS) is 17.1. The lowest BCUT2D eigenvalue weighted by Crippen LogP contribution is -2.49. The van der Waals surface area contributed by atoms with Gasteiger partial charge in [0, 0.05) is 62.1 Å². The van der Waals surface area contributed by atoms with E-state index in [1.807, 2.05) is 47.1 Å². The summed E-state index contributed by atoms with van der Waals surface area (Å²) in [4.78, 5) is 64.7. The van der Waals surface area contributed by atoms with Crippen molar-refractivity contribution >= 4 is 52.5 Å². The molecule has 0 atom stereocenters. The number of carboxylic acid groups (broad SMARTS) is 4. The van der Waals surface area contributed by atoms with Crippen molar-refractivity contribution < 1.29 is 53.9 Å². The minimum absolute atomic E-state index is 0.174. The molecule has 1 aliphatic carbocycles. The number of nitrogens with one attached hydrogen (secondary N) is 1. The molecule has 3 heterocycles. The van der Waals surface area contributed by atoms with Gasteiger partial charge in [0.15, 0.2) is 5.65 Å². The number of nitrogens with zero attached hydrogens (tertiary/aromatic N) is 6. The number of carboxylic acids is 4. The topological polar surface area (TPSA) is 273 Å². The van der Waals surface area contributed by atoms with Crippen LogP contribution in [-0.2, 0) is 30.5 Å². The molecule has 1 aliphatic heterocycles. The fourth-order valence-corrected chi connectivity index (χ4v) is 6.40. The summed E-state index contributed by atoms with van der Waals surface area (Å²) < 4.78 is 13.1. The number of carbonyl (C=O) groups is 5. The van der Waals surface area contributed by atoms with Crippen molar-refractivity contribution in [3.8, 4) is 17.0 Å². The van der Waals surface area contributed by atoms with Gasteiger partial charge in [-0.3, -0.25) is 10.2 Å². The predicted octanol–water partition coefficient (Wildman–Crippen LogP) is 3.99. The third-order valence-corrected chi connectivity index (χ3v) is 9.25. The third kappa shape index (κ3) is 13.1. The molecule has 19 heteroatoms. The molecule has 2 fully saturated rings. The van der Waals surface area contributed by atoms with E-state index in [4.69, 9.17) is 40.7 Å². The van der Waals surface area contributed by atoms with Gasteiger partial charge in [0.1, 0.15) is 30.2 Å². The molecule has 1 saturated carbocycles. The number of methoxy groups -OCH3 is 1. The average Bonchev–Trinajstić information content (AvgIpc) is 3.61. The molecule has 2 aromatic carbocycles. The van der Waals surface area contributed by atoms with Crippen molar-refractivity contribution in [2.75, 3.05) is 51.4 Å². The van der Waals surface area contributed by atoms with E-state index < -0.39 is 30.0 Å². The Balaban J connectivity index is 0.000000393. The van der Waals surface area contributed by atoms with E-state index in [1.54, 1.807) is 13.2 Å². The fourth-order valence-electron chi connectivity index (χ4n) is 6.40. The van der Waals surface area contributed by atoms with Gasteiger partial charge in [-0.05, 0) is 50.4 Å². The number of nitrogens with two attached hydrogens (primary N) is 1. The highest BCUT2D eigenvalue weighted by atomic mass is 16.5. The maximum Gasteiger partial charge on any atom is 0.412 e. The Labute approximate surface area is 333 Å². The standard InChI is InChI=1S/C31H38N8O3.2C4H4O4/c1-37-14-16-38(17-15-37)23-9-11-24(12-10-23)39-30-27(29(32)33-20-34-30)28(36-39)22-8-13-25(26(18-22)41-2)35-31(40)42-19-21-6-4-3-5-7-21;2*5-3(6)1-2-4(7)8/h3-8,13,18,20,23-24H,9-12,14-17,19H2,1-2H3,(H,35,40)(H2,32,33,34);2*1-2H,(H,5,6)(H,7,8)/b;2*2-1-. The van der Waals surface area contributed by atoms with E-state index in [9.17, 15) is 24.0 Å². The smallest absolute Gasteiger partial charge is 0.412 e. The first-order valence-corrected chi connectivity index (χ1v) is 18.1. The lowest BCUT2D eigenvalue weighted by Gasteiger charge is -2.41. The summed E-state index contributed by atoms with van der Waals surface area (Å²) in [6.45, 7) is 4.72. The number of anilines is 2. The zero-order valence-corrected chi connectivity index (χ0v) is 31.9. The van der Waals surface area contributed by atoms with Gasteiger partial charge in [-0.15, -0.1) is 0 Å². The van der Waals surface area contributed by atoms with E-state index in [2.05, 4.69) is 32.1 Å². The molecule has 2 aromatic heterocycles. The lowest BCUT2D eigenvalue weighted by atomic mass is 9.90. The summed E-state index contributed by atoms with van der Waals surface area (Å²) in [5, 5.41) is 39.8. The minimum atomic E-state index is -1.26. The Morgan fingerprint density at radius 3 is 1.93 bits per heavy atom. The number of piperazine rings is 1. The van der Waals surface area contributed by atoms with E-state index in [1.165, 1.54) is 6.33 Å². The molecule has 308 valence electrons. The second-order valence-electron chi connectivity index (χ2n) is 13.2. The van der Waals surface area contributed by atoms with E-state index in [0.717, 1.165) is 74.0 Å². The number of nitrogen functional groups attached to an aromatic ring is 1. The van der Waals surface area contributed by atoms with Crippen LogP contribution in [0.4, 0.5) is 16.3 Å². The summed E-state index contributed by atoms with van der Waals surface area (Å²) in [6, 6.07) is 15.9. The average molecular weight is 803 g/mol. The van der Waals surface area contributed by atoms with Crippen LogP contribution in [0.25, 0.3) is 22.3 Å². The highest BCUT2D eigenvalue weighted by Crippen LogP contribution is 2.39. The summed E-state index contributed by atoms with van der Waals surface area (Å²) >= 11 is 0. The fraction of sp³-hybridized carbons (Fsp3) is 0.333. The molecule has 0 bridgehead atoms. The van der Waals surface area contributed by atoms with E-state index >= 15 is 0 Å². The first kappa shape index (κ1) is 43.9. The number of hydrogen-bond acceptors (Lipinski definition) is 13. The Bertz CT molecular complexity index is 2040. The second kappa shape index (κ2) is 21.4. The van der Waals surface area contributed by atoms with Crippen LogP contribution in [0.3, 0.4) is 0 Å². The molecule has 1 amide bonds. The summed E-state index contributed by atoms with van der Waals surface area (Å²) in [5.41, 5.74) is 10.0. The van der Waals surface area contributed by atoms with Gasteiger partial charge in [-0.25, -0.2) is 38.6 Å². The summed E-state index contributed by atoms with van der Waals surface area (Å²) in [6.07, 6.45) is 7.52. The highest BCUT2D eigenvalue weighted by molar-refractivity contribution is 5.99. The van der Waals surface area contributed by atoms with E-state index in [0.29, 0.717) is 53.3 Å². The lowest BCUT2D eigenvalue weighted by molar-refractivity contribution is -0.134. The van der Waals surface area contributed by atoms with E-state index in [-0.39, 0.29) is 12.6 Å². The van der Waals surface area contributed by atoms with Crippen LogP contribution in [0, 0.1) is 0 Å². The third-order valence-electron chi connectivity index (χ3n) is 9.25. The molecule has 19 nitrogen and oxygen atoms in total. The Kier molecular flexibility index (Phi) is 16.2. The Hall–Kier alpha value is -6.86. The summed E-state index contributed by atoms with van der Waals surface area (Å²) in [5.74, 6) is -4.16. The van der Waals surface area contributed by atoms with Gasteiger partial charge in [-0.2, -0.15) is 5.10 Å². The molecule has 0 radical (unpaired) electrons. The van der Waals surface area contributed by atoms with Crippen molar-refractivity contribution in [2.24, 2.45) is 0 Å². The largest absolute Gasteiger partial charge is 0.495 e. The first-order valence-electron chi connectivity index (χ1n) is 18.1. The van der Waals surface area contributed by atoms with Crippen LogP contribution in [0.1, 0.15) is 37.3 Å². The van der Waals surface area contributed by atoms with Gasteiger partial charge < -0.3 is 40.5 Å². The van der Waals surface area contributed by atoms with Crippen LogP contribution >= 0.6 is 0 Å². The molecule has 4 aromatic rings. The maximum absolute atomic E-state index is 12.5. The van der Waals surface area contributed by atoms with Gasteiger partial charge in [0.2, 0.25) is 0 Å². The molecular weight excluding hydrogens is 756 g/mol. The number of benzene rings is 2. The van der Waals surface area contributed by atoms with Crippen LogP contribution in [0.2, 0.25) is 0 Å². The van der Waals surface area contributed by atoms with Crippen molar-refractivity contribution in [1.29, 1.82) is 0 Å². The molecule has 7 N–H and O–H groups in total. The molecular formula is C39H46N8O11. The quantitative estimate of drug-likeness (QED) is 0.117. The number of aliphatic carboxylic acids is 4. The molecule has 0 unspecified atom stereocenters. The second-order valence-corrected chi connectivity index (χ2v) is 13.2. The van der Waals surface area contributed by atoms with Crippen molar-refractivity contribution in [1.82, 2.24) is 29.5 Å². The summed E-state index contributed by atoms with van der Waals surface area (Å²) in [7, 11) is 3.76. The SMILES string of the molecule is COc1cc(-c2nn(C3CCC(N4CCN(C)CC4)CC3)c3ncnc(N)c23)ccc1NC(=O)OCc1ccccc1.O=C(O)/C=C\C(=O)O.O=C(O)/C=C\C(=O)O. The van der Waals surface area contributed by atoms with Gasteiger partial charge in [0.05, 0.1) is 24.2 Å². The number of ether oxygens (including phenoxy) is 2. The zero-order valence-electron chi connectivity index (χ0n) is 31.9. The highest BCUT2D eigenvalue weighted by Gasteiger charge is 2.31. The van der Waals surface area contributed by atoms with Gasteiger partial charge in [-0.1, -0.05) is 36.4 Å². The number of likely N-dealkylation sites (N-methyl/N-ethyl adjacent to an activating group) is 1.